The van der Waals surface area contributed by atoms with Crippen molar-refractivity contribution in [3.63, 3.8) is 0 Å². The van der Waals surface area contributed by atoms with Gasteiger partial charge in [0.25, 0.3) is 0 Å². The molecule has 4 aromatic carbocycles. The quantitative estimate of drug-likeness (QED) is 0.172. The topological polar surface area (TPSA) is 42.3 Å². The van der Waals surface area contributed by atoms with Crippen LogP contribution in [0.3, 0.4) is 0 Å². The first-order valence-corrected chi connectivity index (χ1v) is 14.0. The van der Waals surface area contributed by atoms with Crippen molar-refractivity contribution in [1.29, 1.82) is 0 Å². The molecule has 4 heteroatoms. The van der Waals surface area contributed by atoms with Crippen LogP contribution in [0.2, 0.25) is 0 Å². The Kier molecular flexibility index (Phi) is 23.4. The summed E-state index contributed by atoms with van der Waals surface area (Å²) in [6, 6.07) is 36.4. The Morgan fingerprint density at radius 2 is 0.769 bits per heavy atom. The minimum Gasteiger partial charge on any atom is -0.663 e. The zero-order chi connectivity index (χ0) is 27.8. The molecule has 0 aliphatic rings. The molecule has 0 aliphatic carbocycles. The Bertz CT molecular complexity index is 970. The number of hydrogen-bond donors (Lipinski definition) is 0. The number of nitrogens with zero attached hydrogens (tertiary/aromatic N) is 3. The van der Waals surface area contributed by atoms with Gasteiger partial charge in [-0.05, 0) is 0 Å². The largest absolute Gasteiger partial charge is 0.663 e. The summed E-state index contributed by atoms with van der Waals surface area (Å²) in [5.74, 6) is 0. The fraction of sp³-hybridized carbons (Fsp3) is 0.343. The molecule has 0 fully saturated rings. The molecule has 0 saturated heterocycles. The van der Waals surface area contributed by atoms with Crippen LogP contribution < -0.4 is 0 Å². The van der Waals surface area contributed by atoms with Crippen LogP contribution in [0.5, 0.6) is 0 Å². The predicted octanol–water partition coefficient (Wildman–Crippen LogP) is 10.6. The summed E-state index contributed by atoms with van der Waals surface area (Å²) in [5, 5.41) is 11.9. The monoisotopic (exact) mass is 599 g/mol. The first-order valence-electron chi connectivity index (χ1n) is 14.0. The molecule has 0 atom stereocenters. The third kappa shape index (κ3) is 14.7. The average Bonchev–Trinajstić information content (AvgIpc) is 3.51. The van der Waals surface area contributed by atoms with Crippen LogP contribution in [0, 0.1) is 0 Å². The first kappa shape index (κ1) is 36.8. The van der Waals surface area contributed by atoms with E-state index in [0.29, 0.717) is 0 Å². The van der Waals surface area contributed by atoms with Gasteiger partial charge in [0.1, 0.15) is 0 Å². The fourth-order valence-electron chi connectivity index (χ4n) is 3.79. The zero-order valence-electron chi connectivity index (χ0n) is 24.9. The number of benzene rings is 3. The summed E-state index contributed by atoms with van der Waals surface area (Å²) in [6.45, 7) is 18.1. The van der Waals surface area contributed by atoms with Gasteiger partial charge in [0.15, 0.2) is 0 Å². The van der Waals surface area contributed by atoms with Crippen molar-refractivity contribution in [2.24, 2.45) is 0 Å². The van der Waals surface area contributed by atoms with E-state index in [1.54, 1.807) is 0 Å². The van der Waals surface area contributed by atoms with Crippen LogP contribution in [0.25, 0.3) is 49.3 Å². The van der Waals surface area contributed by atoms with Crippen molar-refractivity contribution >= 4 is 0 Å². The molecule has 3 nitrogen and oxygen atoms in total. The summed E-state index contributed by atoms with van der Waals surface area (Å²) in [7, 11) is 0. The van der Waals surface area contributed by atoms with Gasteiger partial charge < -0.3 is 16.0 Å². The van der Waals surface area contributed by atoms with Crippen molar-refractivity contribution in [1.82, 2.24) is 0 Å². The van der Waals surface area contributed by atoms with Crippen molar-refractivity contribution in [3.05, 3.63) is 119 Å². The van der Waals surface area contributed by atoms with Crippen molar-refractivity contribution < 1.29 is 26.2 Å². The third-order valence-electron chi connectivity index (χ3n) is 5.53. The van der Waals surface area contributed by atoms with Gasteiger partial charge in [-0.15, -0.1) is 17.7 Å². The normalized spacial score (nSPS) is 9.49. The summed E-state index contributed by atoms with van der Waals surface area (Å²) >= 11 is 0. The average molecular weight is 601 g/mol. The summed E-state index contributed by atoms with van der Waals surface area (Å²) in [6.07, 6.45) is 0. The SMILES string of the molecule is CC[N-]CC.CC[N-]CC.CC[N-]CC.[Zr].c1ccc(-c2cccc(-c3ccccc3)c2-[c-]2cccc2)cc1. The van der Waals surface area contributed by atoms with Crippen LogP contribution in [0.1, 0.15) is 41.5 Å². The molecule has 0 saturated carbocycles. The molecule has 4 aromatic rings. The number of rotatable bonds is 9. The third-order valence-corrected chi connectivity index (χ3v) is 5.53. The summed E-state index contributed by atoms with van der Waals surface area (Å²) in [5.41, 5.74) is 7.62. The Morgan fingerprint density at radius 1 is 0.436 bits per heavy atom. The second kappa shape index (κ2) is 24.8. The maximum atomic E-state index is 3.97. The molecular formula is C35H47N3Zr-4. The van der Waals surface area contributed by atoms with Crippen LogP contribution in [-0.4, -0.2) is 39.3 Å². The molecule has 0 aliphatic heterocycles. The standard InChI is InChI=1S/C23H17.3C4H10N.Zr/c1-3-10-18(11-4-1)21-16-9-17-22(19-12-5-2-6-13-19)23(21)20-14-7-8-15-20;3*1-3-5-4-2;/h1-17H;3*3-4H2,1-2H3;/q4*-1;. The molecule has 210 valence electrons. The second-order valence-corrected chi connectivity index (χ2v) is 8.20. The van der Waals surface area contributed by atoms with E-state index in [-0.39, 0.29) is 26.2 Å². The Hall–Kier alpha value is -2.23. The van der Waals surface area contributed by atoms with E-state index in [0.717, 1.165) is 39.3 Å². The van der Waals surface area contributed by atoms with Gasteiger partial charge in [0.05, 0.1) is 0 Å². The van der Waals surface area contributed by atoms with Gasteiger partial charge in [0.2, 0.25) is 0 Å². The van der Waals surface area contributed by atoms with Crippen LogP contribution in [0.4, 0.5) is 0 Å². The van der Waals surface area contributed by atoms with Gasteiger partial charge in [-0.2, -0.15) is 51.4 Å². The molecule has 4 rings (SSSR count). The van der Waals surface area contributed by atoms with E-state index >= 15 is 0 Å². The van der Waals surface area contributed by atoms with E-state index in [4.69, 9.17) is 0 Å². The van der Waals surface area contributed by atoms with E-state index < -0.39 is 0 Å². The molecule has 0 radical (unpaired) electrons. The molecule has 0 heterocycles. The van der Waals surface area contributed by atoms with E-state index in [9.17, 15) is 0 Å². The van der Waals surface area contributed by atoms with Crippen molar-refractivity contribution in [3.8, 4) is 33.4 Å². The van der Waals surface area contributed by atoms with E-state index in [1.165, 1.54) is 33.4 Å². The maximum absolute atomic E-state index is 3.97. The van der Waals surface area contributed by atoms with E-state index in [2.05, 4.69) is 119 Å². The molecule has 0 amide bonds. The summed E-state index contributed by atoms with van der Waals surface area (Å²) in [4.78, 5) is 0. The molecule has 0 N–H and O–H groups in total. The smallest absolute Gasteiger partial charge is 0 e. The first-order chi connectivity index (χ1) is 18.7. The molecule has 0 unspecified atom stereocenters. The Labute approximate surface area is 258 Å². The maximum Gasteiger partial charge on any atom is 0 e. The predicted molar refractivity (Wildman–Crippen MR) is 172 cm³/mol. The molecule has 0 bridgehead atoms. The number of hydrogen-bond acceptors (Lipinski definition) is 0. The van der Waals surface area contributed by atoms with Crippen molar-refractivity contribution in [2.75, 3.05) is 39.3 Å². The van der Waals surface area contributed by atoms with Gasteiger partial charge in [-0.1, -0.05) is 148 Å². The second-order valence-electron chi connectivity index (χ2n) is 8.20. The Morgan fingerprint density at radius 3 is 1.05 bits per heavy atom. The van der Waals surface area contributed by atoms with Gasteiger partial charge in [-0.3, -0.25) is 0 Å². The molecular weight excluding hydrogens is 554 g/mol. The van der Waals surface area contributed by atoms with Crippen LogP contribution in [0.15, 0.2) is 103 Å². The van der Waals surface area contributed by atoms with Gasteiger partial charge >= 0.3 is 0 Å². The molecule has 0 spiro atoms. The van der Waals surface area contributed by atoms with Crippen LogP contribution in [-0.2, 0) is 26.2 Å². The van der Waals surface area contributed by atoms with Crippen molar-refractivity contribution in [2.45, 2.75) is 41.5 Å². The van der Waals surface area contributed by atoms with Gasteiger partial charge in [0, 0.05) is 26.2 Å². The van der Waals surface area contributed by atoms with Crippen LogP contribution >= 0.6 is 0 Å². The molecule has 39 heavy (non-hydrogen) atoms. The fourth-order valence-corrected chi connectivity index (χ4v) is 3.79. The molecule has 0 aromatic heterocycles. The van der Waals surface area contributed by atoms with E-state index in [1.807, 2.05) is 41.5 Å². The minimum atomic E-state index is 0. The van der Waals surface area contributed by atoms with Gasteiger partial charge in [-0.25, -0.2) is 0 Å². The minimum absolute atomic E-state index is 0. The Balaban J connectivity index is 0.000000752. The zero-order valence-corrected chi connectivity index (χ0v) is 27.4. The summed E-state index contributed by atoms with van der Waals surface area (Å²) < 4.78 is 0.